The van der Waals surface area contributed by atoms with Crippen LogP contribution in [-0.4, -0.2) is 23.3 Å². The fourth-order valence-corrected chi connectivity index (χ4v) is 3.90. The number of primary amides is 2. The molecule has 1 aromatic heterocycles. The Morgan fingerprint density at radius 1 is 1.10 bits per heavy atom. The summed E-state index contributed by atoms with van der Waals surface area (Å²) in [7, 11) is 0. The average molecular weight is 461 g/mol. The fourth-order valence-electron chi connectivity index (χ4n) is 3.28. The largest absolute Gasteiger partial charge is 0.374 e. The van der Waals surface area contributed by atoms with Crippen molar-refractivity contribution < 1.29 is 14.0 Å². The minimum atomic E-state index is -1.02. The van der Waals surface area contributed by atoms with Crippen molar-refractivity contribution in [3.8, 4) is 11.3 Å². The molecule has 3 aromatic rings. The number of hydrogen-bond acceptors (Lipinski definition) is 4. The number of amides is 2. The second kappa shape index (κ2) is 9.32. The van der Waals surface area contributed by atoms with Gasteiger partial charge in [-0.25, -0.2) is 9.37 Å². The first-order chi connectivity index (χ1) is 14.7. The number of nitrogens with two attached hydrogens (primary N) is 2. The molecule has 9 heteroatoms. The van der Waals surface area contributed by atoms with Crippen molar-refractivity contribution >= 4 is 40.7 Å². The number of benzene rings is 2. The number of hydrogen-bond donors (Lipinski definition) is 3. The van der Waals surface area contributed by atoms with Crippen molar-refractivity contribution in [2.75, 3.05) is 11.9 Å². The maximum Gasteiger partial charge on any atom is 0.236 e. The van der Waals surface area contributed by atoms with Crippen LogP contribution in [0.25, 0.3) is 11.3 Å². The van der Waals surface area contributed by atoms with E-state index >= 15 is 0 Å². The zero-order chi connectivity index (χ0) is 22.7. The second-order valence-electron chi connectivity index (χ2n) is 6.88. The molecule has 0 aliphatic heterocycles. The first-order valence-corrected chi connectivity index (χ1v) is 9.97. The lowest BCUT2D eigenvalue weighted by Crippen LogP contribution is -2.25. The summed E-state index contributed by atoms with van der Waals surface area (Å²) in [6.45, 7) is 1.59. The average Bonchev–Trinajstić information content (AvgIpc) is 2.69. The summed E-state index contributed by atoms with van der Waals surface area (Å²) < 4.78 is 13.7. The highest BCUT2D eigenvalue weighted by molar-refractivity contribution is 6.36. The number of halogens is 3. The Labute approximate surface area is 188 Å². The Kier molecular flexibility index (Phi) is 6.77. The normalized spacial score (nSPS) is 11.7. The minimum Gasteiger partial charge on any atom is -0.374 e. The van der Waals surface area contributed by atoms with Gasteiger partial charge < -0.3 is 16.8 Å². The van der Waals surface area contributed by atoms with Crippen LogP contribution >= 0.6 is 23.2 Å². The third-order valence-corrected chi connectivity index (χ3v) is 5.34. The zero-order valence-electron chi connectivity index (χ0n) is 16.5. The third kappa shape index (κ3) is 4.95. The van der Waals surface area contributed by atoms with Gasteiger partial charge in [0.15, 0.2) is 0 Å². The molecule has 0 spiro atoms. The molecule has 0 saturated heterocycles. The van der Waals surface area contributed by atoms with E-state index in [0.29, 0.717) is 33.8 Å². The van der Waals surface area contributed by atoms with Gasteiger partial charge in [-0.3, -0.25) is 9.59 Å². The van der Waals surface area contributed by atoms with Crippen molar-refractivity contribution in [2.45, 2.75) is 12.8 Å². The van der Waals surface area contributed by atoms with Crippen LogP contribution in [-0.2, 0) is 9.59 Å². The number of aromatic nitrogens is 1. The van der Waals surface area contributed by atoms with Crippen LogP contribution in [0.5, 0.6) is 0 Å². The second-order valence-corrected chi connectivity index (χ2v) is 7.70. The van der Waals surface area contributed by atoms with Crippen LogP contribution in [0.4, 0.5) is 10.1 Å². The van der Waals surface area contributed by atoms with E-state index in [1.165, 1.54) is 12.1 Å². The van der Waals surface area contributed by atoms with E-state index in [2.05, 4.69) is 10.3 Å². The number of carbonyl (C=O) groups is 2. The molecular formula is C22H19Cl2FN4O2. The molecule has 1 atom stereocenters. The van der Waals surface area contributed by atoms with Gasteiger partial charge in [0.25, 0.3) is 0 Å². The number of pyridine rings is 1. The van der Waals surface area contributed by atoms with Crippen molar-refractivity contribution in [1.29, 1.82) is 0 Å². The molecule has 0 aliphatic carbocycles. The number of carbonyl (C=O) groups excluding carboxylic acids is 2. The van der Waals surface area contributed by atoms with E-state index in [4.69, 9.17) is 34.7 Å². The van der Waals surface area contributed by atoms with E-state index in [-0.39, 0.29) is 16.6 Å². The lowest BCUT2D eigenvalue weighted by molar-refractivity contribution is -0.118. The van der Waals surface area contributed by atoms with Gasteiger partial charge in [-0.05, 0) is 55.0 Å². The number of aryl methyl sites for hydroxylation is 1. The van der Waals surface area contributed by atoms with Crippen LogP contribution in [0.1, 0.15) is 22.7 Å². The highest BCUT2D eigenvalue weighted by Gasteiger charge is 2.27. The molecule has 1 unspecified atom stereocenters. The van der Waals surface area contributed by atoms with Crippen LogP contribution in [0, 0.1) is 12.7 Å². The maximum absolute atomic E-state index is 13.7. The Hall–Kier alpha value is -3.16. The standard InChI is InChI=1S/C22H19Cl2FN4O2/c1-11-9-12(25)5-6-13(11)21-17(28-10-18(26)30)8-7-16(29-21)20(22(27)31)19-14(23)3-2-4-15(19)24/h2-9,20,28H,10H2,1H3,(H2,26,30)(H2,27,31). The van der Waals surface area contributed by atoms with E-state index in [1.807, 2.05) is 0 Å². The summed E-state index contributed by atoms with van der Waals surface area (Å²) in [5.41, 5.74) is 13.7. The van der Waals surface area contributed by atoms with E-state index in [9.17, 15) is 14.0 Å². The highest BCUT2D eigenvalue weighted by Crippen LogP contribution is 2.37. The molecule has 6 nitrogen and oxygen atoms in total. The molecule has 1 heterocycles. The summed E-state index contributed by atoms with van der Waals surface area (Å²) in [4.78, 5) is 28.3. The smallest absolute Gasteiger partial charge is 0.236 e. The molecule has 3 rings (SSSR count). The quantitative estimate of drug-likeness (QED) is 0.494. The van der Waals surface area contributed by atoms with Gasteiger partial charge >= 0.3 is 0 Å². The molecule has 0 saturated carbocycles. The van der Waals surface area contributed by atoms with Crippen LogP contribution in [0.2, 0.25) is 10.0 Å². The molecular weight excluding hydrogens is 442 g/mol. The Morgan fingerprint density at radius 3 is 2.35 bits per heavy atom. The van der Waals surface area contributed by atoms with Crippen molar-refractivity contribution in [2.24, 2.45) is 11.5 Å². The number of rotatable bonds is 7. The lowest BCUT2D eigenvalue weighted by atomic mass is 9.93. The highest BCUT2D eigenvalue weighted by atomic mass is 35.5. The third-order valence-electron chi connectivity index (χ3n) is 4.68. The molecule has 0 fully saturated rings. The summed E-state index contributed by atoms with van der Waals surface area (Å²) in [6, 6.07) is 12.3. The number of anilines is 1. The van der Waals surface area contributed by atoms with Gasteiger partial charge in [0.05, 0.1) is 23.6 Å². The van der Waals surface area contributed by atoms with Crippen molar-refractivity contribution in [1.82, 2.24) is 4.98 Å². The van der Waals surface area contributed by atoms with E-state index < -0.39 is 23.5 Å². The maximum atomic E-state index is 13.7. The van der Waals surface area contributed by atoms with Crippen molar-refractivity contribution in [3.05, 3.63) is 81.2 Å². The fraction of sp³-hybridized carbons (Fsp3) is 0.136. The monoisotopic (exact) mass is 460 g/mol. The van der Waals surface area contributed by atoms with Crippen LogP contribution in [0.3, 0.4) is 0 Å². The van der Waals surface area contributed by atoms with Gasteiger partial charge in [-0.15, -0.1) is 0 Å². The summed E-state index contributed by atoms with van der Waals surface area (Å²) >= 11 is 12.6. The Balaban J connectivity index is 2.21. The van der Waals surface area contributed by atoms with Gasteiger partial charge in [-0.1, -0.05) is 29.3 Å². The first kappa shape index (κ1) is 22.5. The van der Waals surface area contributed by atoms with Gasteiger partial charge in [0, 0.05) is 21.2 Å². The number of nitrogens with one attached hydrogen (secondary N) is 1. The zero-order valence-corrected chi connectivity index (χ0v) is 18.0. The van der Waals surface area contributed by atoms with Gasteiger partial charge in [0.2, 0.25) is 11.8 Å². The lowest BCUT2D eigenvalue weighted by Gasteiger charge is -2.19. The molecule has 31 heavy (non-hydrogen) atoms. The molecule has 2 amide bonds. The van der Waals surface area contributed by atoms with Crippen molar-refractivity contribution in [3.63, 3.8) is 0 Å². The molecule has 160 valence electrons. The summed E-state index contributed by atoms with van der Waals surface area (Å²) in [5, 5.41) is 3.46. The molecule has 0 radical (unpaired) electrons. The SMILES string of the molecule is Cc1cc(F)ccc1-c1nc(C(C(N)=O)c2c(Cl)cccc2Cl)ccc1NCC(N)=O. The predicted octanol–water partition coefficient (Wildman–Crippen LogP) is 4.02. The van der Waals surface area contributed by atoms with Crippen LogP contribution < -0.4 is 16.8 Å². The van der Waals surface area contributed by atoms with Gasteiger partial charge in [-0.2, -0.15) is 0 Å². The van der Waals surface area contributed by atoms with Crippen LogP contribution in [0.15, 0.2) is 48.5 Å². The molecule has 5 N–H and O–H groups in total. The van der Waals surface area contributed by atoms with Gasteiger partial charge in [0.1, 0.15) is 11.7 Å². The summed E-state index contributed by atoms with van der Waals surface area (Å²) in [5.74, 6) is -2.68. The Morgan fingerprint density at radius 2 is 1.77 bits per heavy atom. The number of nitrogens with zero attached hydrogens (tertiary/aromatic N) is 1. The first-order valence-electron chi connectivity index (χ1n) is 9.22. The molecule has 2 aromatic carbocycles. The van der Waals surface area contributed by atoms with E-state index in [1.54, 1.807) is 43.3 Å². The minimum absolute atomic E-state index is 0.135. The predicted molar refractivity (Wildman–Crippen MR) is 120 cm³/mol. The summed E-state index contributed by atoms with van der Waals surface area (Å²) in [6.07, 6.45) is 0. The topological polar surface area (TPSA) is 111 Å². The molecule has 0 aliphatic rings. The van der Waals surface area contributed by atoms with E-state index in [0.717, 1.165) is 0 Å². The Bertz CT molecular complexity index is 1150. The molecule has 0 bridgehead atoms.